The van der Waals surface area contributed by atoms with Crippen molar-refractivity contribution < 1.29 is 14.3 Å². The fraction of sp³-hybridized carbons (Fsp3) is 0.562. The van der Waals surface area contributed by atoms with Gasteiger partial charge in [0.25, 0.3) is 0 Å². The zero-order valence-corrected chi connectivity index (χ0v) is 12.4. The minimum Gasteiger partial charge on any atom is -0.462 e. The molecule has 112 valence electrons. The van der Waals surface area contributed by atoms with Crippen LogP contribution in [0.3, 0.4) is 0 Å². The van der Waals surface area contributed by atoms with E-state index in [2.05, 4.69) is 13.8 Å². The topological polar surface area (TPSA) is 61.5 Å². The van der Waals surface area contributed by atoms with Gasteiger partial charge >= 0.3 is 5.97 Å². The molecule has 0 aliphatic rings. The van der Waals surface area contributed by atoms with Crippen molar-refractivity contribution in [2.24, 2.45) is 11.7 Å². The highest BCUT2D eigenvalue weighted by Crippen LogP contribution is 2.05. The summed E-state index contributed by atoms with van der Waals surface area (Å²) in [6.07, 6.45) is 1.37. The molecule has 0 heterocycles. The molecule has 0 saturated carbocycles. The van der Waals surface area contributed by atoms with Crippen LogP contribution in [0.25, 0.3) is 0 Å². The first-order valence-corrected chi connectivity index (χ1v) is 7.13. The van der Waals surface area contributed by atoms with E-state index in [0.29, 0.717) is 25.6 Å². The highest BCUT2D eigenvalue weighted by molar-refractivity contribution is 5.75. The highest BCUT2D eigenvalue weighted by atomic mass is 16.6. The highest BCUT2D eigenvalue weighted by Gasteiger charge is 2.14. The molecule has 4 heteroatoms. The number of esters is 1. The molecular weight excluding hydrogens is 254 g/mol. The maximum Gasteiger partial charge on any atom is 0.323 e. The Labute approximate surface area is 121 Å². The second-order valence-electron chi connectivity index (χ2n) is 5.27. The van der Waals surface area contributed by atoms with Crippen LogP contribution in [-0.2, 0) is 20.7 Å². The fourth-order valence-corrected chi connectivity index (χ4v) is 1.71. The van der Waals surface area contributed by atoms with Gasteiger partial charge in [-0.1, -0.05) is 44.2 Å². The van der Waals surface area contributed by atoms with Gasteiger partial charge in [-0.2, -0.15) is 0 Å². The number of carbonyl (C=O) groups excluding carboxylic acids is 1. The Morgan fingerprint density at radius 2 is 1.90 bits per heavy atom. The van der Waals surface area contributed by atoms with Crippen LogP contribution in [0, 0.1) is 5.92 Å². The van der Waals surface area contributed by atoms with Gasteiger partial charge in [-0.25, -0.2) is 0 Å². The Bertz CT molecular complexity index is 379. The predicted octanol–water partition coefficient (Wildman–Crippen LogP) is 2.16. The van der Waals surface area contributed by atoms with Crippen molar-refractivity contribution in [3.8, 4) is 0 Å². The minimum absolute atomic E-state index is 0.268. The first-order valence-electron chi connectivity index (χ1n) is 7.13. The van der Waals surface area contributed by atoms with Crippen LogP contribution in [0.2, 0.25) is 0 Å². The summed E-state index contributed by atoms with van der Waals surface area (Å²) in [5.41, 5.74) is 6.99. The molecule has 4 nitrogen and oxygen atoms in total. The third-order valence-electron chi connectivity index (χ3n) is 2.81. The molecule has 0 bridgehead atoms. The molecule has 0 fully saturated rings. The number of hydrogen-bond acceptors (Lipinski definition) is 4. The van der Waals surface area contributed by atoms with E-state index in [1.54, 1.807) is 0 Å². The van der Waals surface area contributed by atoms with Crippen LogP contribution in [0.1, 0.15) is 25.8 Å². The van der Waals surface area contributed by atoms with Crippen molar-refractivity contribution in [3.05, 3.63) is 35.9 Å². The summed E-state index contributed by atoms with van der Waals surface area (Å²) in [5, 5.41) is 0. The molecule has 0 saturated heterocycles. The van der Waals surface area contributed by atoms with E-state index in [1.807, 2.05) is 30.3 Å². The number of benzene rings is 1. The lowest BCUT2D eigenvalue weighted by Gasteiger charge is -2.12. The predicted molar refractivity (Wildman–Crippen MR) is 79.4 cm³/mol. The van der Waals surface area contributed by atoms with Gasteiger partial charge < -0.3 is 15.2 Å². The average Bonchev–Trinajstić information content (AvgIpc) is 2.45. The number of nitrogens with two attached hydrogens (primary N) is 1. The molecule has 1 aromatic rings. The lowest BCUT2D eigenvalue weighted by Crippen LogP contribution is -2.33. The summed E-state index contributed by atoms with van der Waals surface area (Å²) in [7, 11) is 0. The lowest BCUT2D eigenvalue weighted by molar-refractivity contribution is -0.147. The molecule has 0 aliphatic heterocycles. The number of ether oxygens (including phenoxy) is 2. The maximum absolute atomic E-state index is 11.7. The van der Waals surface area contributed by atoms with Gasteiger partial charge in [0.1, 0.15) is 12.6 Å². The molecule has 1 atom stereocenters. The molecule has 1 unspecified atom stereocenters. The molecule has 2 N–H and O–H groups in total. The second kappa shape index (κ2) is 9.50. The van der Waals surface area contributed by atoms with Gasteiger partial charge in [0.05, 0.1) is 6.61 Å². The summed E-state index contributed by atoms with van der Waals surface area (Å²) >= 11 is 0. The van der Waals surface area contributed by atoms with E-state index >= 15 is 0 Å². The molecule has 0 aliphatic carbocycles. The minimum atomic E-state index is -0.569. The first kappa shape index (κ1) is 16.7. The molecular formula is C16H25NO3. The zero-order chi connectivity index (χ0) is 14.8. The van der Waals surface area contributed by atoms with Gasteiger partial charge in [0.15, 0.2) is 0 Å². The average molecular weight is 279 g/mol. The SMILES string of the molecule is CC(C)COCCOC(=O)C(N)CCc1ccccc1. The van der Waals surface area contributed by atoms with Gasteiger partial charge in [-0.3, -0.25) is 4.79 Å². The van der Waals surface area contributed by atoms with Crippen LogP contribution in [0.15, 0.2) is 30.3 Å². The standard InChI is InChI=1S/C16H25NO3/c1-13(2)12-19-10-11-20-16(18)15(17)9-8-14-6-4-3-5-7-14/h3-7,13,15H,8-12,17H2,1-2H3. The van der Waals surface area contributed by atoms with Crippen LogP contribution in [0.5, 0.6) is 0 Å². The second-order valence-corrected chi connectivity index (χ2v) is 5.27. The molecule has 0 aromatic heterocycles. The van der Waals surface area contributed by atoms with Crippen LogP contribution in [0.4, 0.5) is 0 Å². The summed E-state index contributed by atoms with van der Waals surface area (Å²) < 4.78 is 10.4. The molecule has 1 aromatic carbocycles. The molecule has 1 rings (SSSR count). The van der Waals surface area contributed by atoms with E-state index < -0.39 is 6.04 Å². The maximum atomic E-state index is 11.7. The van der Waals surface area contributed by atoms with Crippen molar-refractivity contribution in [1.82, 2.24) is 0 Å². The lowest BCUT2D eigenvalue weighted by atomic mass is 10.1. The monoisotopic (exact) mass is 279 g/mol. The van der Waals surface area contributed by atoms with Crippen molar-refractivity contribution in [2.75, 3.05) is 19.8 Å². The summed E-state index contributed by atoms with van der Waals surface area (Å²) in [6, 6.07) is 9.40. The van der Waals surface area contributed by atoms with E-state index in [-0.39, 0.29) is 12.6 Å². The van der Waals surface area contributed by atoms with Crippen LogP contribution < -0.4 is 5.73 Å². The van der Waals surface area contributed by atoms with Crippen molar-refractivity contribution in [1.29, 1.82) is 0 Å². The molecule has 0 spiro atoms. The molecule has 20 heavy (non-hydrogen) atoms. The quantitative estimate of drug-likeness (QED) is 0.556. The first-order chi connectivity index (χ1) is 9.59. The van der Waals surface area contributed by atoms with Gasteiger partial charge in [-0.05, 0) is 24.3 Å². The van der Waals surface area contributed by atoms with Crippen molar-refractivity contribution in [3.63, 3.8) is 0 Å². The van der Waals surface area contributed by atoms with E-state index in [1.165, 1.54) is 5.56 Å². The third kappa shape index (κ3) is 7.26. The number of carbonyl (C=O) groups is 1. The summed E-state index contributed by atoms with van der Waals surface area (Å²) in [6.45, 7) is 5.52. The van der Waals surface area contributed by atoms with Gasteiger partial charge in [-0.15, -0.1) is 0 Å². The Kier molecular flexibility index (Phi) is 7.92. The van der Waals surface area contributed by atoms with E-state index in [0.717, 1.165) is 6.42 Å². The largest absolute Gasteiger partial charge is 0.462 e. The third-order valence-corrected chi connectivity index (χ3v) is 2.81. The Morgan fingerprint density at radius 1 is 1.20 bits per heavy atom. The molecule has 0 radical (unpaired) electrons. The summed E-state index contributed by atoms with van der Waals surface area (Å²) in [5.74, 6) is 0.132. The fourth-order valence-electron chi connectivity index (χ4n) is 1.71. The van der Waals surface area contributed by atoms with Gasteiger partial charge in [0.2, 0.25) is 0 Å². The Morgan fingerprint density at radius 3 is 2.55 bits per heavy atom. The van der Waals surface area contributed by atoms with E-state index in [9.17, 15) is 4.79 Å². The number of aryl methyl sites for hydroxylation is 1. The zero-order valence-electron chi connectivity index (χ0n) is 12.4. The van der Waals surface area contributed by atoms with Gasteiger partial charge in [0, 0.05) is 6.61 Å². The smallest absolute Gasteiger partial charge is 0.323 e. The van der Waals surface area contributed by atoms with E-state index in [4.69, 9.17) is 15.2 Å². The van der Waals surface area contributed by atoms with Crippen molar-refractivity contribution >= 4 is 5.97 Å². The van der Waals surface area contributed by atoms with Crippen LogP contribution >= 0.6 is 0 Å². The number of rotatable bonds is 9. The van der Waals surface area contributed by atoms with Crippen molar-refractivity contribution in [2.45, 2.75) is 32.7 Å². The Balaban J connectivity index is 2.13. The number of hydrogen-bond donors (Lipinski definition) is 1. The Hall–Kier alpha value is -1.39. The van der Waals surface area contributed by atoms with Crippen LogP contribution in [-0.4, -0.2) is 31.8 Å². The summed E-state index contributed by atoms with van der Waals surface area (Å²) in [4.78, 5) is 11.7. The molecule has 0 amide bonds. The normalized spacial score (nSPS) is 12.4.